The van der Waals surface area contributed by atoms with Crippen LogP contribution in [0.2, 0.25) is 0 Å². The van der Waals surface area contributed by atoms with Crippen molar-refractivity contribution < 1.29 is 9.90 Å². The zero-order chi connectivity index (χ0) is 13.1. The number of thiophene rings is 1. The quantitative estimate of drug-likeness (QED) is 0.860. The molecule has 1 unspecified atom stereocenters. The zero-order valence-corrected chi connectivity index (χ0v) is 11.8. The summed E-state index contributed by atoms with van der Waals surface area (Å²) in [4.78, 5) is 14.1. The fourth-order valence-electron chi connectivity index (χ4n) is 2.37. The van der Waals surface area contributed by atoms with Gasteiger partial charge in [0.25, 0.3) is 5.91 Å². The van der Waals surface area contributed by atoms with E-state index < -0.39 is 6.10 Å². The first-order valence-electron chi connectivity index (χ1n) is 6.64. The topological polar surface area (TPSA) is 49.3 Å². The molecule has 1 aliphatic rings. The summed E-state index contributed by atoms with van der Waals surface area (Å²) >= 11 is 1.60. The Kier molecular flexibility index (Phi) is 4.40. The normalized spacial score (nSPS) is 15.8. The molecule has 0 saturated carbocycles. The summed E-state index contributed by atoms with van der Waals surface area (Å²) in [5.74, 6) is 0.402. The molecule has 1 aromatic heterocycles. The van der Waals surface area contributed by atoms with Crippen molar-refractivity contribution in [1.82, 2.24) is 5.32 Å². The maximum absolute atomic E-state index is 11.9. The van der Waals surface area contributed by atoms with E-state index in [1.54, 1.807) is 11.3 Å². The first kappa shape index (κ1) is 13.6. The summed E-state index contributed by atoms with van der Waals surface area (Å²) in [6.07, 6.45) is 3.72. The Morgan fingerprint density at radius 2 is 2.28 bits per heavy atom. The van der Waals surface area contributed by atoms with Gasteiger partial charge in [0.15, 0.2) is 0 Å². The number of fused-ring (bicyclic) bond motifs is 1. The van der Waals surface area contributed by atoms with Crippen LogP contribution in [-0.4, -0.2) is 23.7 Å². The summed E-state index contributed by atoms with van der Waals surface area (Å²) in [5, 5.41) is 12.5. The molecule has 0 saturated heterocycles. The van der Waals surface area contributed by atoms with Gasteiger partial charge in [0.2, 0.25) is 0 Å². The van der Waals surface area contributed by atoms with Crippen molar-refractivity contribution in [3.05, 3.63) is 21.4 Å². The number of hydrogen-bond acceptors (Lipinski definition) is 3. The van der Waals surface area contributed by atoms with Crippen LogP contribution in [0.25, 0.3) is 0 Å². The number of aliphatic hydroxyl groups excluding tert-OH is 1. The van der Waals surface area contributed by atoms with Crippen LogP contribution in [0.5, 0.6) is 0 Å². The zero-order valence-electron chi connectivity index (χ0n) is 11.0. The summed E-state index contributed by atoms with van der Waals surface area (Å²) in [7, 11) is 0. The number of aliphatic hydroxyl groups is 1. The van der Waals surface area contributed by atoms with Crippen molar-refractivity contribution in [2.75, 3.05) is 6.54 Å². The molecule has 1 atom stereocenters. The predicted octanol–water partition coefficient (Wildman–Crippen LogP) is 2.37. The molecule has 0 aliphatic heterocycles. The molecule has 0 fully saturated rings. The van der Waals surface area contributed by atoms with Gasteiger partial charge < -0.3 is 10.4 Å². The predicted molar refractivity (Wildman–Crippen MR) is 74.1 cm³/mol. The van der Waals surface area contributed by atoms with E-state index in [-0.39, 0.29) is 5.91 Å². The average molecular weight is 267 g/mol. The van der Waals surface area contributed by atoms with Crippen LogP contribution in [-0.2, 0) is 12.8 Å². The molecular formula is C14H21NO2S. The summed E-state index contributed by atoms with van der Waals surface area (Å²) in [5.41, 5.74) is 1.34. The van der Waals surface area contributed by atoms with Gasteiger partial charge in [0.1, 0.15) is 0 Å². The molecule has 2 rings (SSSR count). The van der Waals surface area contributed by atoms with Gasteiger partial charge >= 0.3 is 0 Å². The van der Waals surface area contributed by atoms with Crippen LogP contribution in [0, 0.1) is 5.92 Å². The molecular weight excluding hydrogens is 246 g/mol. The van der Waals surface area contributed by atoms with Crippen LogP contribution in [0.4, 0.5) is 0 Å². The van der Waals surface area contributed by atoms with Crippen molar-refractivity contribution in [1.29, 1.82) is 0 Å². The molecule has 1 aromatic rings. The van der Waals surface area contributed by atoms with Gasteiger partial charge in [0.05, 0.1) is 11.0 Å². The van der Waals surface area contributed by atoms with Crippen LogP contribution in [0.15, 0.2) is 6.07 Å². The van der Waals surface area contributed by atoms with Crippen LogP contribution in [0.3, 0.4) is 0 Å². The molecule has 1 heterocycles. The summed E-state index contributed by atoms with van der Waals surface area (Å²) < 4.78 is 0. The average Bonchev–Trinajstić information content (AvgIpc) is 2.84. The van der Waals surface area contributed by atoms with Crippen LogP contribution >= 0.6 is 11.3 Å². The number of carbonyl (C=O) groups is 1. The minimum atomic E-state index is -0.444. The van der Waals surface area contributed by atoms with E-state index in [0.717, 1.165) is 24.1 Å². The maximum atomic E-state index is 11.9. The fourth-order valence-corrected chi connectivity index (χ4v) is 3.54. The lowest BCUT2D eigenvalue weighted by Gasteiger charge is -2.13. The second-order valence-corrected chi connectivity index (χ2v) is 6.54. The summed E-state index contributed by atoms with van der Waals surface area (Å²) in [6.45, 7) is 4.48. The molecule has 0 radical (unpaired) electrons. The lowest BCUT2D eigenvalue weighted by atomic mass is 10.1. The minimum absolute atomic E-state index is 0.0443. The molecule has 1 amide bonds. The van der Waals surface area contributed by atoms with E-state index in [9.17, 15) is 9.90 Å². The lowest BCUT2D eigenvalue weighted by Crippen LogP contribution is -2.32. The Morgan fingerprint density at radius 1 is 1.50 bits per heavy atom. The smallest absolute Gasteiger partial charge is 0.261 e. The largest absolute Gasteiger partial charge is 0.391 e. The molecule has 2 N–H and O–H groups in total. The Bertz CT molecular complexity index is 404. The molecule has 18 heavy (non-hydrogen) atoms. The Labute approximate surface area is 112 Å². The minimum Gasteiger partial charge on any atom is -0.391 e. The molecule has 0 aromatic carbocycles. The van der Waals surface area contributed by atoms with E-state index in [4.69, 9.17) is 0 Å². The molecule has 1 aliphatic carbocycles. The van der Waals surface area contributed by atoms with Crippen molar-refractivity contribution in [2.24, 2.45) is 5.92 Å². The van der Waals surface area contributed by atoms with Gasteiger partial charge in [0, 0.05) is 11.4 Å². The third-order valence-electron chi connectivity index (χ3n) is 3.21. The maximum Gasteiger partial charge on any atom is 0.261 e. The van der Waals surface area contributed by atoms with E-state index >= 15 is 0 Å². The van der Waals surface area contributed by atoms with Gasteiger partial charge in [-0.3, -0.25) is 4.79 Å². The molecule has 0 spiro atoms. The van der Waals surface area contributed by atoms with Crippen molar-refractivity contribution in [3.63, 3.8) is 0 Å². The number of aryl methyl sites for hydroxylation is 2. The highest BCUT2D eigenvalue weighted by atomic mass is 32.1. The Morgan fingerprint density at radius 3 is 2.94 bits per heavy atom. The molecule has 3 nitrogen and oxygen atoms in total. The highest BCUT2D eigenvalue weighted by Crippen LogP contribution is 2.30. The Balaban J connectivity index is 1.84. The number of carbonyl (C=O) groups excluding carboxylic acids is 1. The first-order chi connectivity index (χ1) is 8.56. The van der Waals surface area contributed by atoms with E-state index in [0.29, 0.717) is 12.5 Å². The highest BCUT2D eigenvalue weighted by Gasteiger charge is 2.18. The number of hydrogen-bond donors (Lipinski definition) is 2. The van der Waals surface area contributed by atoms with Gasteiger partial charge in [-0.2, -0.15) is 0 Å². The number of rotatable bonds is 5. The standard InChI is InChI=1S/C14H21NO2S/c1-9(2)6-11(16)8-15-14(17)13-7-10-4-3-5-12(10)18-13/h7,9,11,16H,3-6,8H2,1-2H3,(H,15,17). The third-order valence-corrected chi connectivity index (χ3v) is 4.45. The number of nitrogens with one attached hydrogen (secondary N) is 1. The van der Waals surface area contributed by atoms with Crippen LogP contribution in [0.1, 0.15) is 46.8 Å². The van der Waals surface area contributed by atoms with Gasteiger partial charge in [-0.15, -0.1) is 11.3 Å². The van der Waals surface area contributed by atoms with Gasteiger partial charge in [-0.25, -0.2) is 0 Å². The monoisotopic (exact) mass is 267 g/mol. The second kappa shape index (κ2) is 5.85. The SMILES string of the molecule is CC(C)CC(O)CNC(=O)c1cc2c(s1)CCC2. The van der Waals surface area contributed by atoms with Gasteiger partial charge in [-0.1, -0.05) is 13.8 Å². The van der Waals surface area contributed by atoms with E-state index in [2.05, 4.69) is 19.2 Å². The van der Waals surface area contributed by atoms with Crippen molar-refractivity contribution in [3.8, 4) is 0 Å². The van der Waals surface area contributed by atoms with E-state index in [1.807, 2.05) is 6.07 Å². The third kappa shape index (κ3) is 3.33. The molecule has 4 heteroatoms. The molecule has 0 bridgehead atoms. The lowest BCUT2D eigenvalue weighted by molar-refractivity contribution is 0.0904. The molecule has 100 valence electrons. The number of amides is 1. The first-order valence-corrected chi connectivity index (χ1v) is 7.45. The van der Waals surface area contributed by atoms with E-state index in [1.165, 1.54) is 16.9 Å². The van der Waals surface area contributed by atoms with Crippen molar-refractivity contribution >= 4 is 17.2 Å². The summed E-state index contributed by atoms with van der Waals surface area (Å²) in [6, 6.07) is 2.01. The van der Waals surface area contributed by atoms with Crippen molar-refractivity contribution in [2.45, 2.75) is 45.6 Å². The van der Waals surface area contributed by atoms with Crippen LogP contribution < -0.4 is 5.32 Å². The second-order valence-electron chi connectivity index (χ2n) is 5.41. The Hall–Kier alpha value is -0.870. The fraction of sp³-hybridized carbons (Fsp3) is 0.643. The highest BCUT2D eigenvalue weighted by molar-refractivity contribution is 7.14. The van der Waals surface area contributed by atoms with Gasteiger partial charge in [-0.05, 0) is 43.2 Å².